The van der Waals surface area contributed by atoms with E-state index in [1.165, 1.54) is 22.5 Å². The number of imidazole rings is 1. The molecule has 176 valence electrons. The highest BCUT2D eigenvalue weighted by atomic mass is 16.1. The summed E-state index contributed by atoms with van der Waals surface area (Å²) in [5.41, 5.74) is 8.19. The zero-order valence-corrected chi connectivity index (χ0v) is 20.6. The second-order valence-corrected chi connectivity index (χ2v) is 10.4. The third kappa shape index (κ3) is 2.52. The minimum atomic E-state index is -0.128. The molecule has 1 aliphatic heterocycles. The van der Waals surface area contributed by atoms with Crippen molar-refractivity contribution in [1.82, 2.24) is 9.38 Å². The van der Waals surface area contributed by atoms with Crippen molar-refractivity contribution in [3.8, 4) is 0 Å². The van der Waals surface area contributed by atoms with E-state index in [2.05, 4.69) is 85.5 Å². The third-order valence-electron chi connectivity index (χ3n) is 8.13. The molecule has 2 aromatic heterocycles. The Hall–Kier alpha value is -4.70. The van der Waals surface area contributed by atoms with Crippen molar-refractivity contribution < 1.29 is 0 Å². The molecule has 4 heteroatoms. The maximum atomic E-state index is 13.8. The molecule has 0 amide bonds. The summed E-state index contributed by atoms with van der Waals surface area (Å²) in [5, 5.41) is 3.71. The Bertz CT molecular complexity index is 2050. The van der Waals surface area contributed by atoms with Crippen molar-refractivity contribution in [3.05, 3.63) is 125 Å². The number of rotatable bonds is 1. The van der Waals surface area contributed by atoms with E-state index in [1.807, 2.05) is 36.4 Å². The second-order valence-electron chi connectivity index (χ2n) is 10.4. The Kier molecular flexibility index (Phi) is 3.85. The number of hydrogen-bond acceptors (Lipinski definition) is 3. The van der Waals surface area contributed by atoms with E-state index in [9.17, 15) is 4.79 Å². The zero-order valence-electron chi connectivity index (χ0n) is 20.6. The summed E-state index contributed by atoms with van der Waals surface area (Å²) in [6.07, 6.45) is 0. The van der Waals surface area contributed by atoms with Gasteiger partial charge in [0, 0.05) is 27.0 Å². The van der Waals surface area contributed by atoms with E-state index in [0.29, 0.717) is 11.0 Å². The van der Waals surface area contributed by atoms with Gasteiger partial charge in [-0.1, -0.05) is 74.5 Å². The molecule has 0 unspecified atom stereocenters. The largest absolute Gasteiger partial charge is 0.309 e. The molecule has 8 rings (SSSR count). The lowest BCUT2D eigenvalue weighted by atomic mass is 9.73. The van der Waals surface area contributed by atoms with Crippen molar-refractivity contribution in [2.24, 2.45) is 0 Å². The van der Waals surface area contributed by atoms with E-state index in [4.69, 9.17) is 4.98 Å². The third-order valence-corrected chi connectivity index (χ3v) is 8.13. The highest BCUT2D eigenvalue weighted by Gasteiger charge is 2.37. The maximum absolute atomic E-state index is 13.8. The van der Waals surface area contributed by atoms with Gasteiger partial charge in [0.25, 0.3) is 5.56 Å². The lowest BCUT2D eigenvalue weighted by Gasteiger charge is -2.42. The van der Waals surface area contributed by atoms with E-state index >= 15 is 0 Å². The first kappa shape index (κ1) is 20.5. The lowest BCUT2D eigenvalue weighted by Crippen LogP contribution is -2.30. The predicted octanol–water partition coefficient (Wildman–Crippen LogP) is 7.70. The number of fused-ring (bicyclic) bond motifs is 6. The Morgan fingerprint density at radius 2 is 1.27 bits per heavy atom. The lowest BCUT2D eigenvalue weighted by molar-refractivity contribution is 0.632. The second kappa shape index (κ2) is 6.95. The zero-order chi connectivity index (χ0) is 24.9. The summed E-state index contributed by atoms with van der Waals surface area (Å²) in [6, 6.07) is 35.6. The van der Waals surface area contributed by atoms with Crippen LogP contribution in [-0.2, 0) is 5.41 Å². The maximum Gasteiger partial charge on any atom is 0.264 e. The average molecular weight is 478 g/mol. The molecule has 0 saturated carbocycles. The molecule has 0 aliphatic carbocycles. The first-order chi connectivity index (χ1) is 18.1. The van der Waals surface area contributed by atoms with Gasteiger partial charge >= 0.3 is 0 Å². The topological polar surface area (TPSA) is 37.6 Å². The minimum Gasteiger partial charge on any atom is -0.309 e. The van der Waals surface area contributed by atoms with Crippen LogP contribution in [0.25, 0.3) is 38.2 Å². The predicted molar refractivity (Wildman–Crippen MR) is 152 cm³/mol. The van der Waals surface area contributed by atoms with Crippen LogP contribution in [0.4, 0.5) is 17.1 Å². The first-order valence-corrected chi connectivity index (χ1v) is 12.6. The van der Waals surface area contributed by atoms with Gasteiger partial charge in [-0.25, -0.2) is 4.98 Å². The number of hydrogen-bond donors (Lipinski definition) is 0. The fourth-order valence-electron chi connectivity index (χ4n) is 6.41. The molecule has 7 aromatic rings. The highest BCUT2D eigenvalue weighted by Crippen LogP contribution is 2.53. The molecule has 0 atom stereocenters. The van der Waals surface area contributed by atoms with Crippen LogP contribution in [0.3, 0.4) is 0 Å². The quantitative estimate of drug-likeness (QED) is 0.243. The summed E-state index contributed by atoms with van der Waals surface area (Å²) >= 11 is 0. The Balaban J connectivity index is 1.52. The van der Waals surface area contributed by atoms with Crippen molar-refractivity contribution >= 4 is 55.3 Å². The van der Waals surface area contributed by atoms with Gasteiger partial charge in [0.2, 0.25) is 0 Å². The van der Waals surface area contributed by atoms with Gasteiger partial charge in [-0.2, -0.15) is 0 Å². The Morgan fingerprint density at radius 1 is 0.622 bits per heavy atom. The summed E-state index contributed by atoms with van der Waals surface area (Å²) in [6.45, 7) is 4.59. The fraction of sp³-hybridized carbons (Fsp3) is 0.0909. The van der Waals surface area contributed by atoms with Gasteiger partial charge in [-0.3, -0.25) is 9.20 Å². The van der Waals surface area contributed by atoms with Gasteiger partial charge in [0.1, 0.15) is 5.65 Å². The van der Waals surface area contributed by atoms with Crippen LogP contribution in [-0.4, -0.2) is 9.38 Å². The van der Waals surface area contributed by atoms with Crippen molar-refractivity contribution in [3.63, 3.8) is 0 Å². The smallest absolute Gasteiger partial charge is 0.264 e. The molecule has 3 heterocycles. The van der Waals surface area contributed by atoms with Gasteiger partial charge in [0.05, 0.1) is 28.1 Å². The van der Waals surface area contributed by atoms with Crippen molar-refractivity contribution in [1.29, 1.82) is 0 Å². The normalized spacial score (nSPS) is 14.5. The van der Waals surface area contributed by atoms with Crippen LogP contribution >= 0.6 is 0 Å². The van der Waals surface area contributed by atoms with Crippen molar-refractivity contribution in [2.75, 3.05) is 4.90 Å². The van der Waals surface area contributed by atoms with Crippen LogP contribution in [0, 0.1) is 0 Å². The molecule has 4 nitrogen and oxygen atoms in total. The van der Waals surface area contributed by atoms with E-state index in [-0.39, 0.29) is 11.0 Å². The monoisotopic (exact) mass is 477 g/mol. The van der Waals surface area contributed by atoms with Gasteiger partial charge in [0.15, 0.2) is 0 Å². The molecular formula is C33H23N3O. The van der Waals surface area contributed by atoms with Crippen LogP contribution in [0.5, 0.6) is 0 Å². The number of pyridine rings is 1. The number of nitrogens with zero attached hydrogens (tertiary/aromatic N) is 3. The van der Waals surface area contributed by atoms with E-state index in [1.54, 1.807) is 4.40 Å². The number of aromatic nitrogens is 2. The number of anilines is 3. The highest BCUT2D eigenvalue weighted by molar-refractivity contribution is 6.20. The Labute approximate surface area is 213 Å². The molecule has 0 radical (unpaired) electrons. The molecule has 0 fully saturated rings. The fourth-order valence-corrected chi connectivity index (χ4v) is 6.41. The molecule has 1 aliphatic rings. The van der Waals surface area contributed by atoms with Crippen molar-refractivity contribution in [2.45, 2.75) is 19.3 Å². The van der Waals surface area contributed by atoms with Gasteiger partial charge in [-0.15, -0.1) is 0 Å². The van der Waals surface area contributed by atoms with Gasteiger partial charge in [-0.05, 0) is 53.6 Å². The Morgan fingerprint density at radius 3 is 2.03 bits per heavy atom. The first-order valence-electron chi connectivity index (χ1n) is 12.6. The van der Waals surface area contributed by atoms with Gasteiger partial charge < -0.3 is 4.90 Å². The standard InChI is InChI=1S/C33H23N3O/c1-33(2)23-12-3-6-15-27(23)35(28-16-7-4-13-24(28)33)26-19-18-21-30-20(26)10-9-11-22(30)32(37)36-29-17-8-5-14-25(29)34-31(21)36/h3-19H,1-2H3. The SMILES string of the molecule is CC1(C)c2ccccc2N(c2ccc3c4c2cccc4c(=O)n2c4ccccc4nc32)c2ccccc21. The number of para-hydroxylation sites is 4. The summed E-state index contributed by atoms with van der Waals surface area (Å²) in [5.74, 6) is 0. The van der Waals surface area contributed by atoms with Crippen LogP contribution in [0.1, 0.15) is 25.0 Å². The molecule has 0 saturated heterocycles. The molecular weight excluding hydrogens is 454 g/mol. The molecule has 0 bridgehead atoms. The summed E-state index contributed by atoms with van der Waals surface area (Å²) in [4.78, 5) is 21.1. The summed E-state index contributed by atoms with van der Waals surface area (Å²) in [7, 11) is 0. The molecule has 0 N–H and O–H groups in total. The van der Waals surface area contributed by atoms with Crippen LogP contribution in [0.2, 0.25) is 0 Å². The molecule has 37 heavy (non-hydrogen) atoms. The van der Waals surface area contributed by atoms with E-state index < -0.39 is 0 Å². The summed E-state index contributed by atoms with van der Waals surface area (Å²) < 4.78 is 1.76. The number of benzene rings is 5. The van der Waals surface area contributed by atoms with Crippen LogP contribution in [0.15, 0.2) is 108 Å². The van der Waals surface area contributed by atoms with Crippen LogP contribution < -0.4 is 10.5 Å². The molecule has 5 aromatic carbocycles. The molecule has 0 spiro atoms. The average Bonchev–Trinajstić information content (AvgIpc) is 3.32. The van der Waals surface area contributed by atoms with E-state index in [0.717, 1.165) is 32.9 Å². The minimum absolute atomic E-state index is 0.0282.